The molecule has 0 saturated carbocycles. The lowest BCUT2D eigenvalue weighted by atomic mass is 9.94. The Balaban J connectivity index is 3.24. The van der Waals surface area contributed by atoms with E-state index >= 15 is 0 Å². The van der Waals surface area contributed by atoms with Gasteiger partial charge in [-0.3, -0.25) is 0 Å². The summed E-state index contributed by atoms with van der Waals surface area (Å²) in [4.78, 5) is 10.7. The van der Waals surface area contributed by atoms with Crippen LogP contribution < -0.4 is 0 Å². The van der Waals surface area contributed by atoms with Gasteiger partial charge in [0.1, 0.15) is 5.78 Å². The average molecular weight is 212 g/mol. The van der Waals surface area contributed by atoms with Crippen molar-refractivity contribution in [3.05, 3.63) is 0 Å². The van der Waals surface area contributed by atoms with Crippen LogP contribution in [0, 0.1) is 5.92 Å². The molecule has 0 aromatic heterocycles. The van der Waals surface area contributed by atoms with Crippen molar-refractivity contribution in [3.63, 3.8) is 0 Å². The molecule has 90 valence electrons. The lowest BCUT2D eigenvalue weighted by Crippen LogP contribution is -1.98. The van der Waals surface area contributed by atoms with Gasteiger partial charge in [0.25, 0.3) is 0 Å². The van der Waals surface area contributed by atoms with Gasteiger partial charge in [0.2, 0.25) is 0 Å². The Labute approximate surface area is 95.6 Å². The second-order valence-corrected chi connectivity index (χ2v) is 4.72. The number of hydrogen-bond acceptors (Lipinski definition) is 1. The van der Waals surface area contributed by atoms with Crippen molar-refractivity contribution < 1.29 is 4.79 Å². The Kier molecular flexibility index (Phi) is 9.97. The fourth-order valence-electron chi connectivity index (χ4n) is 2.12. The molecule has 1 unspecified atom stereocenters. The number of hydrogen-bond donors (Lipinski definition) is 0. The first-order valence-corrected chi connectivity index (χ1v) is 6.70. The van der Waals surface area contributed by atoms with E-state index in [2.05, 4.69) is 13.8 Å². The Morgan fingerprint density at radius 1 is 1.00 bits per heavy atom. The van der Waals surface area contributed by atoms with E-state index < -0.39 is 0 Å². The molecule has 0 bridgehead atoms. The van der Waals surface area contributed by atoms with E-state index in [-0.39, 0.29) is 0 Å². The highest BCUT2D eigenvalue weighted by molar-refractivity contribution is 5.75. The molecule has 0 aromatic rings. The topological polar surface area (TPSA) is 17.1 Å². The minimum atomic E-state index is 0.340. The van der Waals surface area contributed by atoms with Gasteiger partial charge >= 0.3 is 0 Å². The predicted molar refractivity (Wildman–Crippen MR) is 67.1 cm³/mol. The molecular formula is C14H28O. The van der Waals surface area contributed by atoms with E-state index in [4.69, 9.17) is 0 Å². The molecule has 0 aromatic carbocycles. The maximum Gasteiger partial charge on any atom is 0.129 e. The van der Waals surface area contributed by atoms with Gasteiger partial charge in [0.15, 0.2) is 0 Å². The summed E-state index contributed by atoms with van der Waals surface area (Å²) >= 11 is 0. The molecule has 1 atom stereocenters. The molecule has 0 aliphatic heterocycles. The molecule has 0 amide bonds. The standard InChI is InChI=1S/C14H28O/c1-4-10-14(5-2)12-9-7-6-8-11-13(3)15/h14H,4-12H2,1-3H3. The van der Waals surface area contributed by atoms with Gasteiger partial charge in [0, 0.05) is 6.42 Å². The largest absolute Gasteiger partial charge is 0.300 e. The molecule has 15 heavy (non-hydrogen) atoms. The number of Topliss-reactive ketones (excluding diaryl/α,β-unsaturated/α-hetero) is 1. The fraction of sp³-hybridized carbons (Fsp3) is 0.929. The number of carbonyl (C=O) groups is 1. The van der Waals surface area contributed by atoms with Crippen LogP contribution in [0.5, 0.6) is 0 Å². The van der Waals surface area contributed by atoms with Crippen LogP contribution in [0.2, 0.25) is 0 Å². The summed E-state index contributed by atoms with van der Waals surface area (Å²) in [5, 5.41) is 0. The summed E-state index contributed by atoms with van der Waals surface area (Å²) in [7, 11) is 0. The zero-order chi connectivity index (χ0) is 11.5. The fourth-order valence-corrected chi connectivity index (χ4v) is 2.12. The van der Waals surface area contributed by atoms with Crippen molar-refractivity contribution in [2.45, 2.75) is 78.6 Å². The first-order chi connectivity index (χ1) is 7.20. The Hall–Kier alpha value is -0.330. The smallest absolute Gasteiger partial charge is 0.129 e. The van der Waals surface area contributed by atoms with Crippen molar-refractivity contribution in [3.8, 4) is 0 Å². The van der Waals surface area contributed by atoms with E-state index in [1.54, 1.807) is 6.92 Å². The molecular weight excluding hydrogens is 184 g/mol. The van der Waals surface area contributed by atoms with Gasteiger partial charge in [-0.2, -0.15) is 0 Å². The van der Waals surface area contributed by atoms with Crippen LogP contribution in [0.15, 0.2) is 0 Å². The van der Waals surface area contributed by atoms with Gasteiger partial charge in [-0.15, -0.1) is 0 Å². The van der Waals surface area contributed by atoms with E-state index in [0.717, 1.165) is 18.8 Å². The lowest BCUT2D eigenvalue weighted by molar-refractivity contribution is -0.117. The highest BCUT2D eigenvalue weighted by Crippen LogP contribution is 2.19. The van der Waals surface area contributed by atoms with Crippen LogP contribution in [-0.4, -0.2) is 5.78 Å². The SMILES string of the molecule is CCCC(CC)CCCCCCC(C)=O. The molecule has 0 N–H and O–H groups in total. The highest BCUT2D eigenvalue weighted by Gasteiger charge is 2.04. The molecule has 0 aliphatic carbocycles. The summed E-state index contributed by atoms with van der Waals surface area (Å²) in [6.07, 6.45) is 11.2. The van der Waals surface area contributed by atoms with Gasteiger partial charge in [-0.05, 0) is 19.3 Å². The number of rotatable bonds is 10. The van der Waals surface area contributed by atoms with Gasteiger partial charge in [-0.1, -0.05) is 58.8 Å². The molecule has 0 aliphatic rings. The highest BCUT2D eigenvalue weighted by atomic mass is 16.1. The second kappa shape index (κ2) is 10.2. The van der Waals surface area contributed by atoms with Gasteiger partial charge in [-0.25, -0.2) is 0 Å². The van der Waals surface area contributed by atoms with E-state index in [1.165, 1.54) is 44.9 Å². The van der Waals surface area contributed by atoms with E-state index in [0.29, 0.717) is 5.78 Å². The van der Waals surface area contributed by atoms with Gasteiger partial charge < -0.3 is 4.79 Å². The van der Waals surface area contributed by atoms with Crippen molar-refractivity contribution in [2.24, 2.45) is 5.92 Å². The third kappa shape index (κ3) is 9.96. The molecule has 0 spiro atoms. The van der Waals surface area contributed by atoms with E-state index in [9.17, 15) is 4.79 Å². The number of carbonyl (C=O) groups excluding carboxylic acids is 1. The molecule has 0 saturated heterocycles. The summed E-state index contributed by atoms with van der Waals surface area (Å²) in [5.74, 6) is 1.29. The molecule has 0 heterocycles. The third-order valence-corrected chi connectivity index (χ3v) is 3.17. The predicted octanol–water partition coefficient (Wildman–Crippen LogP) is 4.74. The molecule has 0 rings (SSSR count). The molecule has 0 fully saturated rings. The zero-order valence-electron chi connectivity index (χ0n) is 10.8. The van der Waals surface area contributed by atoms with Crippen LogP contribution in [0.25, 0.3) is 0 Å². The number of unbranched alkanes of at least 4 members (excludes halogenated alkanes) is 3. The monoisotopic (exact) mass is 212 g/mol. The maximum atomic E-state index is 10.7. The summed E-state index contributed by atoms with van der Waals surface area (Å²) in [5.41, 5.74) is 0. The van der Waals surface area contributed by atoms with Crippen LogP contribution in [0.4, 0.5) is 0 Å². The Morgan fingerprint density at radius 2 is 1.67 bits per heavy atom. The number of ketones is 1. The molecule has 1 nitrogen and oxygen atoms in total. The van der Waals surface area contributed by atoms with Crippen LogP contribution in [-0.2, 0) is 4.79 Å². The molecule has 0 radical (unpaired) electrons. The summed E-state index contributed by atoms with van der Waals surface area (Å²) in [6.45, 7) is 6.26. The van der Waals surface area contributed by atoms with Crippen LogP contribution in [0.1, 0.15) is 78.6 Å². The van der Waals surface area contributed by atoms with Crippen molar-refractivity contribution in [1.29, 1.82) is 0 Å². The third-order valence-electron chi connectivity index (χ3n) is 3.17. The maximum absolute atomic E-state index is 10.7. The lowest BCUT2D eigenvalue weighted by Gasteiger charge is -2.12. The van der Waals surface area contributed by atoms with E-state index in [1.807, 2.05) is 0 Å². The zero-order valence-corrected chi connectivity index (χ0v) is 10.8. The minimum Gasteiger partial charge on any atom is -0.300 e. The Morgan fingerprint density at radius 3 is 2.20 bits per heavy atom. The van der Waals surface area contributed by atoms with Crippen molar-refractivity contribution >= 4 is 5.78 Å². The summed E-state index contributed by atoms with van der Waals surface area (Å²) in [6, 6.07) is 0. The normalized spacial score (nSPS) is 12.7. The summed E-state index contributed by atoms with van der Waals surface area (Å²) < 4.78 is 0. The van der Waals surface area contributed by atoms with Gasteiger partial charge in [0.05, 0.1) is 0 Å². The Bertz CT molecular complexity index is 151. The second-order valence-electron chi connectivity index (χ2n) is 4.72. The molecule has 1 heteroatoms. The van der Waals surface area contributed by atoms with Crippen molar-refractivity contribution in [1.82, 2.24) is 0 Å². The first-order valence-electron chi connectivity index (χ1n) is 6.70. The first kappa shape index (κ1) is 14.7. The average Bonchev–Trinajstić information content (AvgIpc) is 2.21. The van der Waals surface area contributed by atoms with Crippen LogP contribution in [0.3, 0.4) is 0 Å². The quantitative estimate of drug-likeness (QED) is 0.478. The van der Waals surface area contributed by atoms with Crippen molar-refractivity contribution in [2.75, 3.05) is 0 Å². The minimum absolute atomic E-state index is 0.340. The van der Waals surface area contributed by atoms with Crippen LogP contribution >= 0.6 is 0 Å².